The number of carbonyl (C=O) groups is 2. The smallest absolute Gasteiger partial charge is 0.268 e. The highest BCUT2D eigenvalue weighted by Gasteiger charge is 2.60. The Morgan fingerprint density at radius 2 is 1.84 bits per heavy atom. The molecule has 3 atom stereocenters. The Kier molecular flexibility index (Phi) is 5.63. The third kappa shape index (κ3) is 4.04. The average Bonchev–Trinajstić information content (AvgIpc) is 3.31. The number of hydrogen-bond acceptors (Lipinski definition) is 3. The van der Waals surface area contributed by atoms with Gasteiger partial charge in [-0.15, -0.1) is 0 Å². The number of carbonyl (C=O) groups excluding carboxylic acids is 2. The Balaban J connectivity index is 1.64. The van der Waals surface area contributed by atoms with Crippen LogP contribution in [-0.2, 0) is 9.59 Å². The molecule has 2 bridgehead atoms. The Morgan fingerprint density at radius 1 is 1.19 bits per heavy atom. The van der Waals surface area contributed by atoms with Gasteiger partial charge in [-0.2, -0.15) is 0 Å². The highest BCUT2D eigenvalue weighted by Crippen LogP contribution is 2.63. The van der Waals surface area contributed by atoms with Crippen LogP contribution < -0.4 is 10.6 Å². The van der Waals surface area contributed by atoms with Gasteiger partial charge in [-0.1, -0.05) is 11.6 Å². The van der Waals surface area contributed by atoms with Crippen LogP contribution in [0.1, 0.15) is 63.5 Å². The average molecular weight is 477 g/mol. The molecule has 0 unspecified atom stereocenters. The number of phenolic OH excluding ortho intramolecular Hbond substituents is 1. The van der Waals surface area contributed by atoms with Gasteiger partial charge < -0.3 is 15.7 Å². The number of fused-ring (bicyclic) bond motifs is 2. The first kappa shape index (κ1) is 23.1. The van der Waals surface area contributed by atoms with Crippen LogP contribution in [0.5, 0.6) is 5.75 Å². The van der Waals surface area contributed by atoms with Gasteiger partial charge >= 0.3 is 0 Å². The van der Waals surface area contributed by atoms with E-state index in [1.165, 1.54) is 0 Å². The molecule has 176 valence electrons. The van der Waals surface area contributed by atoms with Gasteiger partial charge in [0, 0.05) is 30.9 Å². The molecule has 3 saturated carbocycles. The maximum Gasteiger partial charge on any atom is 0.268 e. The third-order valence-corrected chi connectivity index (χ3v) is 7.63. The Hall–Kier alpha value is -2.03. The molecular formula is C22H25ClF4N2O3. The third-order valence-electron chi connectivity index (χ3n) is 7.36. The minimum atomic E-state index is -3.27. The summed E-state index contributed by atoms with van der Waals surface area (Å²) in [6.45, 7) is 1.12. The van der Waals surface area contributed by atoms with Gasteiger partial charge in [0.15, 0.2) is 0 Å². The number of rotatable bonds is 5. The monoisotopic (exact) mass is 476 g/mol. The number of phenols is 1. The number of benzene rings is 1. The summed E-state index contributed by atoms with van der Waals surface area (Å²) >= 11 is 5.90. The summed E-state index contributed by atoms with van der Waals surface area (Å²) in [5, 5.41) is 14.5. The lowest BCUT2D eigenvalue weighted by Crippen LogP contribution is -2.43. The molecule has 0 aliphatic heterocycles. The molecule has 0 heterocycles. The molecule has 32 heavy (non-hydrogen) atoms. The van der Waals surface area contributed by atoms with Crippen LogP contribution in [0.3, 0.4) is 0 Å². The van der Waals surface area contributed by atoms with Crippen molar-refractivity contribution in [1.82, 2.24) is 10.6 Å². The number of amides is 2. The first-order valence-corrected chi connectivity index (χ1v) is 11.0. The molecule has 2 amide bonds. The number of alkyl halides is 3. The van der Waals surface area contributed by atoms with Crippen molar-refractivity contribution in [3.8, 4) is 5.75 Å². The second-order valence-corrected chi connectivity index (χ2v) is 10.0. The minimum absolute atomic E-state index is 0.0855. The molecule has 0 spiro atoms. The maximum absolute atomic E-state index is 15.0. The second-order valence-electron chi connectivity index (χ2n) is 9.61. The van der Waals surface area contributed by atoms with Gasteiger partial charge in [-0.3, -0.25) is 9.59 Å². The zero-order chi connectivity index (χ0) is 23.5. The van der Waals surface area contributed by atoms with Crippen LogP contribution in [0.2, 0.25) is 5.02 Å². The molecule has 0 aromatic heterocycles. The fourth-order valence-corrected chi connectivity index (χ4v) is 6.04. The van der Waals surface area contributed by atoms with E-state index in [0.717, 1.165) is 19.1 Å². The number of nitrogens with one attached hydrogen (secondary N) is 2. The molecule has 3 fully saturated rings. The van der Waals surface area contributed by atoms with Crippen molar-refractivity contribution in [2.75, 3.05) is 0 Å². The molecular weight excluding hydrogens is 452 g/mol. The lowest BCUT2D eigenvalue weighted by Gasteiger charge is -2.37. The summed E-state index contributed by atoms with van der Waals surface area (Å²) in [6, 6.07) is -0.347. The number of halogens is 5. The van der Waals surface area contributed by atoms with Gasteiger partial charge in [0.2, 0.25) is 11.8 Å². The molecule has 0 radical (unpaired) electrons. The van der Waals surface area contributed by atoms with E-state index in [0.29, 0.717) is 12.8 Å². The van der Waals surface area contributed by atoms with E-state index in [-0.39, 0.29) is 42.0 Å². The van der Waals surface area contributed by atoms with E-state index < -0.39 is 59.1 Å². The van der Waals surface area contributed by atoms with E-state index >= 15 is 4.39 Å². The van der Waals surface area contributed by atoms with Crippen molar-refractivity contribution in [1.29, 1.82) is 0 Å². The Bertz CT molecular complexity index is 949. The zero-order valence-electron chi connectivity index (χ0n) is 17.5. The summed E-state index contributed by atoms with van der Waals surface area (Å²) in [4.78, 5) is 24.3. The zero-order valence-corrected chi connectivity index (χ0v) is 18.2. The Labute approximate surface area is 187 Å². The van der Waals surface area contributed by atoms with Crippen LogP contribution in [0.25, 0.3) is 0 Å². The van der Waals surface area contributed by atoms with Crippen molar-refractivity contribution in [3.05, 3.63) is 28.5 Å². The molecule has 10 heteroatoms. The second kappa shape index (κ2) is 7.78. The predicted octanol–water partition coefficient (Wildman–Crippen LogP) is 4.56. The molecule has 3 N–H and O–H groups in total. The van der Waals surface area contributed by atoms with Crippen molar-refractivity contribution < 1.29 is 32.3 Å². The SMILES string of the molecule is CC(=O)N[C@@H]1C[C@H](C(=O)N[C@H](c2cc(O)cc(Cl)c2F)C23CCC(F)(CC2)C3)CC1(F)F. The lowest BCUT2D eigenvalue weighted by atomic mass is 9.74. The maximum atomic E-state index is 15.0. The molecule has 0 saturated heterocycles. The van der Waals surface area contributed by atoms with E-state index in [9.17, 15) is 27.9 Å². The van der Waals surface area contributed by atoms with Crippen molar-refractivity contribution in [2.24, 2.45) is 11.3 Å². The van der Waals surface area contributed by atoms with E-state index in [1.807, 2.05) is 0 Å². The summed E-state index contributed by atoms with van der Waals surface area (Å²) in [7, 11) is 0. The summed E-state index contributed by atoms with van der Waals surface area (Å²) in [6.07, 6.45) is 0.369. The number of aromatic hydroxyl groups is 1. The van der Waals surface area contributed by atoms with Crippen LogP contribution in [0.4, 0.5) is 17.6 Å². The number of hydrogen-bond donors (Lipinski definition) is 3. The molecule has 3 aliphatic carbocycles. The fraction of sp³-hybridized carbons (Fsp3) is 0.636. The van der Waals surface area contributed by atoms with Crippen molar-refractivity contribution in [3.63, 3.8) is 0 Å². The molecule has 4 rings (SSSR count). The van der Waals surface area contributed by atoms with Gasteiger partial charge in [0.05, 0.1) is 17.1 Å². The van der Waals surface area contributed by atoms with Crippen LogP contribution in [-0.4, -0.2) is 34.6 Å². The molecule has 1 aromatic rings. The van der Waals surface area contributed by atoms with E-state index in [1.54, 1.807) is 0 Å². The Morgan fingerprint density at radius 3 is 2.41 bits per heavy atom. The van der Waals surface area contributed by atoms with Gasteiger partial charge in [0.25, 0.3) is 5.92 Å². The largest absolute Gasteiger partial charge is 0.508 e. The molecule has 5 nitrogen and oxygen atoms in total. The highest BCUT2D eigenvalue weighted by molar-refractivity contribution is 6.31. The minimum Gasteiger partial charge on any atom is -0.508 e. The van der Waals surface area contributed by atoms with Crippen molar-refractivity contribution in [2.45, 2.75) is 75.5 Å². The standard InChI is InChI=1S/C22H25ClF4N2O3/c1-11(30)28-16-6-12(9-22(16,26)27)19(32)29-18(14-7-13(31)8-15(23)17(14)24)20-2-4-21(25,10-20)5-3-20/h7-8,12,16,18,31H,2-6,9-10H2,1H3,(H,28,30)(H,29,32)/t12-,16+,18+,20?,21?/m0/s1. The summed E-state index contributed by atoms with van der Waals surface area (Å²) in [5.41, 5.74) is -2.30. The van der Waals surface area contributed by atoms with Crippen LogP contribution >= 0.6 is 11.6 Å². The fourth-order valence-electron chi connectivity index (χ4n) is 5.82. The van der Waals surface area contributed by atoms with Gasteiger partial charge in [0.1, 0.15) is 17.2 Å². The topological polar surface area (TPSA) is 78.4 Å². The van der Waals surface area contributed by atoms with Crippen LogP contribution in [0, 0.1) is 17.2 Å². The molecule has 1 aromatic carbocycles. The van der Waals surface area contributed by atoms with E-state index in [2.05, 4.69) is 10.6 Å². The van der Waals surface area contributed by atoms with Gasteiger partial charge in [-0.25, -0.2) is 17.6 Å². The lowest BCUT2D eigenvalue weighted by molar-refractivity contribution is -0.127. The quantitative estimate of drug-likeness (QED) is 0.545. The molecule has 3 aliphatic rings. The normalized spacial score (nSPS) is 33.8. The van der Waals surface area contributed by atoms with Gasteiger partial charge in [-0.05, 0) is 50.0 Å². The summed E-state index contributed by atoms with van der Waals surface area (Å²) < 4.78 is 58.7. The first-order chi connectivity index (χ1) is 14.8. The predicted molar refractivity (Wildman–Crippen MR) is 109 cm³/mol. The van der Waals surface area contributed by atoms with Crippen LogP contribution in [0.15, 0.2) is 12.1 Å². The summed E-state index contributed by atoms with van der Waals surface area (Å²) in [5.74, 6) is -6.90. The highest BCUT2D eigenvalue weighted by atomic mass is 35.5. The van der Waals surface area contributed by atoms with E-state index in [4.69, 9.17) is 11.6 Å². The van der Waals surface area contributed by atoms with Crippen molar-refractivity contribution >= 4 is 23.4 Å². The first-order valence-electron chi connectivity index (χ1n) is 10.7.